The van der Waals surface area contributed by atoms with E-state index in [4.69, 9.17) is 0 Å². The Labute approximate surface area is 146 Å². The number of fused-ring (bicyclic) bond motifs is 1. The third-order valence-electron chi connectivity index (χ3n) is 4.20. The van der Waals surface area contributed by atoms with E-state index in [1.807, 2.05) is 30.3 Å². The van der Waals surface area contributed by atoms with E-state index in [1.165, 1.54) is 6.07 Å². The summed E-state index contributed by atoms with van der Waals surface area (Å²) in [4.78, 5) is 12.1. The highest BCUT2D eigenvalue weighted by atomic mass is 79.9. The first-order chi connectivity index (χ1) is 11.6. The Morgan fingerprint density at radius 1 is 1.17 bits per heavy atom. The molecule has 2 N–H and O–H groups in total. The van der Waals surface area contributed by atoms with Crippen molar-refractivity contribution in [1.82, 2.24) is 10.2 Å². The third-order valence-corrected chi connectivity index (χ3v) is 4.69. The van der Waals surface area contributed by atoms with Crippen molar-refractivity contribution in [3.8, 4) is 11.3 Å². The number of benzene rings is 2. The number of anilines is 1. The quantitative estimate of drug-likeness (QED) is 0.684. The molecular formula is C18H13BrFN3O. The average Bonchev–Trinajstić information content (AvgIpc) is 3.01. The summed E-state index contributed by atoms with van der Waals surface area (Å²) < 4.78 is 15.2. The van der Waals surface area contributed by atoms with E-state index < -0.39 is 0 Å². The Hall–Kier alpha value is -2.47. The molecule has 1 aromatic heterocycles. The molecule has 0 saturated carbocycles. The zero-order chi connectivity index (χ0) is 16.7. The van der Waals surface area contributed by atoms with Gasteiger partial charge in [-0.2, -0.15) is 5.10 Å². The number of carbonyl (C=O) groups excluding carboxylic acids is 1. The fraction of sp³-hybridized carbons (Fsp3) is 0.111. The molecule has 0 radical (unpaired) electrons. The van der Waals surface area contributed by atoms with E-state index in [-0.39, 0.29) is 24.1 Å². The maximum absolute atomic E-state index is 14.4. The summed E-state index contributed by atoms with van der Waals surface area (Å²) in [5.74, 6) is -0.420. The molecule has 0 spiro atoms. The lowest BCUT2D eigenvalue weighted by molar-refractivity contribution is -0.116. The van der Waals surface area contributed by atoms with Crippen molar-refractivity contribution in [3.63, 3.8) is 0 Å². The van der Waals surface area contributed by atoms with Gasteiger partial charge in [-0.25, -0.2) is 4.39 Å². The Balaban J connectivity index is 1.91. The highest BCUT2D eigenvalue weighted by molar-refractivity contribution is 9.10. The molecule has 4 rings (SSSR count). The molecule has 0 aliphatic carbocycles. The van der Waals surface area contributed by atoms with Gasteiger partial charge >= 0.3 is 0 Å². The zero-order valence-corrected chi connectivity index (χ0v) is 14.1. The van der Waals surface area contributed by atoms with Crippen LogP contribution in [0.2, 0.25) is 0 Å². The number of halogens is 2. The van der Waals surface area contributed by atoms with Gasteiger partial charge in [-0.1, -0.05) is 46.3 Å². The molecule has 6 heteroatoms. The predicted octanol–water partition coefficient (Wildman–Crippen LogP) is 4.45. The molecule has 1 aliphatic rings. The Morgan fingerprint density at radius 3 is 2.75 bits per heavy atom. The first-order valence-electron chi connectivity index (χ1n) is 7.52. The Kier molecular flexibility index (Phi) is 3.69. The van der Waals surface area contributed by atoms with Gasteiger partial charge in [-0.05, 0) is 29.3 Å². The monoisotopic (exact) mass is 385 g/mol. The molecule has 2 heterocycles. The number of aromatic amines is 1. The van der Waals surface area contributed by atoms with E-state index in [0.717, 1.165) is 21.3 Å². The molecule has 24 heavy (non-hydrogen) atoms. The van der Waals surface area contributed by atoms with Crippen molar-refractivity contribution in [1.29, 1.82) is 0 Å². The molecule has 0 fully saturated rings. The average molecular weight is 386 g/mol. The number of H-pyrrole nitrogens is 1. The second-order valence-corrected chi connectivity index (χ2v) is 6.61. The van der Waals surface area contributed by atoms with Crippen LogP contribution in [0.5, 0.6) is 0 Å². The maximum Gasteiger partial charge on any atom is 0.226 e. The van der Waals surface area contributed by atoms with Crippen LogP contribution in [0.1, 0.15) is 23.5 Å². The van der Waals surface area contributed by atoms with E-state index in [2.05, 4.69) is 31.4 Å². The van der Waals surface area contributed by atoms with Crippen molar-refractivity contribution < 1.29 is 9.18 Å². The van der Waals surface area contributed by atoms with Gasteiger partial charge < -0.3 is 5.32 Å². The first-order valence-corrected chi connectivity index (χ1v) is 8.31. The van der Waals surface area contributed by atoms with E-state index in [0.29, 0.717) is 11.4 Å². The number of rotatable bonds is 2. The third kappa shape index (κ3) is 2.53. The number of hydrogen-bond donors (Lipinski definition) is 2. The summed E-state index contributed by atoms with van der Waals surface area (Å²) in [5, 5.41) is 9.98. The number of hydrogen-bond acceptors (Lipinski definition) is 2. The van der Waals surface area contributed by atoms with Gasteiger partial charge in [0.2, 0.25) is 5.91 Å². The minimum atomic E-state index is -0.389. The van der Waals surface area contributed by atoms with Crippen LogP contribution in [-0.4, -0.2) is 16.1 Å². The summed E-state index contributed by atoms with van der Waals surface area (Å²) in [6.07, 6.45) is 0.180. The van der Waals surface area contributed by atoms with Gasteiger partial charge in [-0.15, -0.1) is 0 Å². The molecule has 4 nitrogen and oxygen atoms in total. The summed E-state index contributed by atoms with van der Waals surface area (Å²) in [5.41, 5.74) is 3.05. The molecule has 120 valence electrons. The lowest BCUT2D eigenvalue weighted by atomic mass is 9.84. The molecule has 1 aliphatic heterocycles. The topological polar surface area (TPSA) is 57.8 Å². The van der Waals surface area contributed by atoms with Crippen LogP contribution in [0.15, 0.2) is 53.0 Å². The first kappa shape index (κ1) is 15.1. The van der Waals surface area contributed by atoms with Crippen LogP contribution in [0.3, 0.4) is 0 Å². The lowest BCUT2D eigenvalue weighted by Crippen LogP contribution is -2.24. The van der Waals surface area contributed by atoms with Gasteiger partial charge in [0, 0.05) is 22.4 Å². The standard InChI is InChI=1S/C18H13BrFN3O/c19-11-6-7-14(20)12(8-11)13-9-15(24)21-18-16(13)17(22-23-18)10-4-2-1-3-5-10/h1-8,13H,9H2,(H2,21,22,23,24)/t13-/m1/s1. The van der Waals surface area contributed by atoms with E-state index in [9.17, 15) is 9.18 Å². The van der Waals surface area contributed by atoms with Crippen LogP contribution in [0, 0.1) is 5.82 Å². The second kappa shape index (κ2) is 5.87. The fourth-order valence-electron chi connectivity index (χ4n) is 3.13. The highest BCUT2D eigenvalue weighted by Crippen LogP contribution is 2.42. The number of nitrogens with zero attached hydrogens (tertiary/aromatic N) is 1. The van der Waals surface area contributed by atoms with Crippen molar-refractivity contribution in [2.75, 3.05) is 5.32 Å². The fourth-order valence-corrected chi connectivity index (χ4v) is 3.51. The Morgan fingerprint density at radius 2 is 1.96 bits per heavy atom. The van der Waals surface area contributed by atoms with Crippen LogP contribution < -0.4 is 5.32 Å². The summed E-state index contributed by atoms with van der Waals surface area (Å²) in [6.45, 7) is 0. The number of amides is 1. The summed E-state index contributed by atoms with van der Waals surface area (Å²) in [6, 6.07) is 14.5. The molecule has 0 saturated heterocycles. The molecule has 0 unspecified atom stereocenters. The largest absolute Gasteiger partial charge is 0.309 e. The normalized spacial score (nSPS) is 16.6. The predicted molar refractivity (Wildman–Crippen MR) is 93.2 cm³/mol. The maximum atomic E-state index is 14.4. The van der Waals surface area contributed by atoms with E-state index in [1.54, 1.807) is 12.1 Å². The minimum Gasteiger partial charge on any atom is -0.309 e. The molecular weight excluding hydrogens is 373 g/mol. The molecule has 0 bridgehead atoms. The van der Waals surface area contributed by atoms with Crippen molar-refractivity contribution in [3.05, 3.63) is 69.9 Å². The molecule has 2 aromatic carbocycles. The van der Waals surface area contributed by atoms with Crippen LogP contribution >= 0.6 is 15.9 Å². The molecule has 1 amide bonds. The van der Waals surface area contributed by atoms with Crippen LogP contribution in [-0.2, 0) is 4.79 Å². The van der Waals surface area contributed by atoms with Gasteiger partial charge in [0.15, 0.2) is 5.82 Å². The highest BCUT2D eigenvalue weighted by Gasteiger charge is 2.33. The number of carbonyl (C=O) groups is 1. The van der Waals surface area contributed by atoms with Gasteiger partial charge in [0.25, 0.3) is 0 Å². The SMILES string of the molecule is O=C1C[C@H](c2cc(Br)ccc2F)c2c(n[nH]c2-c2ccccc2)N1. The summed E-state index contributed by atoms with van der Waals surface area (Å²) >= 11 is 3.38. The molecule has 3 aromatic rings. The minimum absolute atomic E-state index is 0.169. The second-order valence-electron chi connectivity index (χ2n) is 5.70. The zero-order valence-electron chi connectivity index (χ0n) is 12.5. The van der Waals surface area contributed by atoms with Gasteiger partial charge in [-0.3, -0.25) is 9.89 Å². The number of aromatic nitrogens is 2. The lowest BCUT2D eigenvalue weighted by Gasteiger charge is -2.24. The van der Waals surface area contributed by atoms with Gasteiger partial charge in [0.05, 0.1) is 5.69 Å². The Bertz CT molecular complexity index is 923. The number of nitrogens with one attached hydrogen (secondary N) is 2. The van der Waals surface area contributed by atoms with Crippen LogP contribution in [0.25, 0.3) is 11.3 Å². The summed E-state index contributed by atoms with van der Waals surface area (Å²) in [7, 11) is 0. The van der Waals surface area contributed by atoms with Crippen molar-refractivity contribution in [2.24, 2.45) is 0 Å². The molecule has 1 atom stereocenters. The smallest absolute Gasteiger partial charge is 0.226 e. The van der Waals surface area contributed by atoms with Crippen molar-refractivity contribution >= 4 is 27.7 Å². The van der Waals surface area contributed by atoms with Crippen molar-refractivity contribution in [2.45, 2.75) is 12.3 Å². The van der Waals surface area contributed by atoms with Gasteiger partial charge in [0.1, 0.15) is 5.82 Å². The van der Waals surface area contributed by atoms with E-state index >= 15 is 0 Å². The van der Waals surface area contributed by atoms with Crippen LogP contribution in [0.4, 0.5) is 10.2 Å².